The number of nitrogens with zero attached hydrogens (tertiary/aromatic N) is 4. The molecule has 106 valence electrons. The standard InChI is InChI=1S/C13H16FN5S/c14-11-3-1-2-10(8-11)9-20-13-16-17-18-19(13)7-6-15-12-4-5-12/h1-3,8,12,15H,4-7,9H2. The summed E-state index contributed by atoms with van der Waals surface area (Å²) in [5, 5.41) is 15.9. The molecule has 0 unspecified atom stereocenters. The molecule has 20 heavy (non-hydrogen) atoms. The van der Waals surface area contributed by atoms with Crippen molar-refractivity contribution in [3.8, 4) is 0 Å². The fourth-order valence-corrected chi connectivity index (χ4v) is 2.72. The van der Waals surface area contributed by atoms with Crippen LogP contribution in [0.15, 0.2) is 29.4 Å². The maximum Gasteiger partial charge on any atom is 0.209 e. The van der Waals surface area contributed by atoms with E-state index >= 15 is 0 Å². The Balaban J connectivity index is 1.52. The molecule has 0 bridgehead atoms. The van der Waals surface area contributed by atoms with Crippen LogP contribution in [-0.2, 0) is 12.3 Å². The van der Waals surface area contributed by atoms with Crippen molar-refractivity contribution in [3.63, 3.8) is 0 Å². The summed E-state index contributed by atoms with van der Waals surface area (Å²) in [6, 6.07) is 7.29. The second-order valence-corrected chi connectivity index (χ2v) is 5.77. The van der Waals surface area contributed by atoms with E-state index in [-0.39, 0.29) is 5.82 Å². The molecule has 1 aromatic heterocycles. The van der Waals surface area contributed by atoms with E-state index in [2.05, 4.69) is 20.8 Å². The first-order valence-electron chi connectivity index (χ1n) is 6.68. The summed E-state index contributed by atoms with van der Waals surface area (Å²) in [6.07, 6.45) is 2.55. The lowest BCUT2D eigenvalue weighted by Gasteiger charge is -2.05. The zero-order chi connectivity index (χ0) is 13.8. The van der Waals surface area contributed by atoms with Gasteiger partial charge >= 0.3 is 0 Å². The van der Waals surface area contributed by atoms with Gasteiger partial charge in [0.05, 0.1) is 6.54 Å². The number of hydrogen-bond acceptors (Lipinski definition) is 5. The molecule has 1 heterocycles. The molecule has 1 aliphatic rings. The fraction of sp³-hybridized carbons (Fsp3) is 0.462. The van der Waals surface area contributed by atoms with E-state index in [1.54, 1.807) is 10.7 Å². The number of aromatic nitrogens is 4. The lowest BCUT2D eigenvalue weighted by molar-refractivity contribution is 0.509. The monoisotopic (exact) mass is 293 g/mol. The Bertz CT molecular complexity index is 569. The van der Waals surface area contributed by atoms with Crippen molar-refractivity contribution >= 4 is 11.8 Å². The van der Waals surface area contributed by atoms with E-state index in [1.807, 2.05) is 6.07 Å². The number of benzene rings is 1. The van der Waals surface area contributed by atoms with Gasteiger partial charge in [-0.1, -0.05) is 23.9 Å². The molecule has 5 nitrogen and oxygen atoms in total. The zero-order valence-electron chi connectivity index (χ0n) is 11.0. The van der Waals surface area contributed by atoms with Crippen molar-refractivity contribution in [2.45, 2.75) is 36.3 Å². The molecule has 1 N–H and O–H groups in total. The predicted molar refractivity (Wildman–Crippen MR) is 74.8 cm³/mol. The quantitative estimate of drug-likeness (QED) is 0.790. The average molecular weight is 293 g/mol. The summed E-state index contributed by atoms with van der Waals surface area (Å²) in [4.78, 5) is 0. The van der Waals surface area contributed by atoms with Gasteiger partial charge < -0.3 is 5.32 Å². The Kier molecular flexibility index (Phi) is 4.27. The Morgan fingerprint density at radius 2 is 2.30 bits per heavy atom. The molecule has 1 aliphatic carbocycles. The molecule has 0 spiro atoms. The zero-order valence-corrected chi connectivity index (χ0v) is 11.8. The minimum absolute atomic E-state index is 0.212. The molecule has 1 saturated carbocycles. The van der Waals surface area contributed by atoms with Crippen molar-refractivity contribution in [2.24, 2.45) is 0 Å². The van der Waals surface area contributed by atoms with Gasteiger partial charge in [0.15, 0.2) is 0 Å². The highest BCUT2D eigenvalue weighted by Crippen LogP contribution is 2.21. The second kappa shape index (κ2) is 6.32. The highest BCUT2D eigenvalue weighted by Gasteiger charge is 2.20. The number of nitrogens with one attached hydrogen (secondary N) is 1. The number of thioether (sulfide) groups is 1. The second-order valence-electron chi connectivity index (χ2n) is 4.83. The Hall–Kier alpha value is -1.47. The van der Waals surface area contributed by atoms with Crippen LogP contribution < -0.4 is 5.32 Å². The van der Waals surface area contributed by atoms with Gasteiger partial charge in [-0.2, -0.15) is 0 Å². The van der Waals surface area contributed by atoms with E-state index in [0.717, 1.165) is 23.8 Å². The maximum atomic E-state index is 13.1. The van der Waals surface area contributed by atoms with Crippen LogP contribution in [0.4, 0.5) is 4.39 Å². The molecule has 7 heteroatoms. The lowest BCUT2D eigenvalue weighted by atomic mass is 10.2. The average Bonchev–Trinajstić information content (AvgIpc) is 3.15. The third-order valence-electron chi connectivity index (χ3n) is 3.09. The van der Waals surface area contributed by atoms with E-state index in [9.17, 15) is 4.39 Å². The smallest absolute Gasteiger partial charge is 0.209 e. The van der Waals surface area contributed by atoms with Crippen molar-refractivity contribution in [1.29, 1.82) is 0 Å². The molecule has 1 aromatic carbocycles. The van der Waals surface area contributed by atoms with Gasteiger partial charge in [-0.15, -0.1) is 5.10 Å². The molecular weight excluding hydrogens is 277 g/mol. The molecule has 0 radical (unpaired) electrons. The highest BCUT2D eigenvalue weighted by atomic mass is 32.2. The van der Waals surface area contributed by atoms with E-state index in [4.69, 9.17) is 0 Å². The normalized spacial score (nSPS) is 14.7. The van der Waals surface area contributed by atoms with E-state index < -0.39 is 0 Å². The molecule has 2 aromatic rings. The summed E-state index contributed by atoms with van der Waals surface area (Å²) in [5.74, 6) is 0.449. The molecule has 0 saturated heterocycles. The summed E-state index contributed by atoms with van der Waals surface area (Å²) in [5.41, 5.74) is 0.931. The molecule has 0 aliphatic heterocycles. The molecular formula is C13H16FN5S. The van der Waals surface area contributed by atoms with Crippen molar-refractivity contribution < 1.29 is 4.39 Å². The van der Waals surface area contributed by atoms with Crippen LogP contribution in [0.1, 0.15) is 18.4 Å². The molecule has 0 amide bonds. The van der Waals surface area contributed by atoms with Gasteiger partial charge in [0.25, 0.3) is 0 Å². The van der Waals surface area contributed by atoms with Gasteiger partial charge in [-0.05, 0) is 41.0 Å². The van der Waals surface area contributed by atoms with Crippen molar-refractivity contribution in [1.82, 2.24) is 25.5 Å². The van der Waals surface area contributed by atoms with Crippen LogP contribution in [0.3, 0.4) is 0 Å². The SMILES string of the molecule is Fc1cccc(CSc2nnnn2CCNC2CC2)c1. The Labute approximate surface area is 120 Å². The first kappa shape index (κ1) is 13.5. The third-order valence-corrected chi connectivity index (χ3v) is 4.12. The van der Waals surface area contributed by atoms with Crippen LogP contribution in [-0.4, -0.2) is 32.8 Å². The summed E-state index contributed by atoms with van der Waals surface area (Å²) >= 11 is 1.52. The van der Waals surface area contributed by atoms with E-state index in [1.165, 1.54) is 36.7 Å². The predicted octanol–water partition coefficient (Wildman–Crippen LogP) is 1.86. The van der Waals surface area contributed by atoms with Crippen LogP contribution in [0, 0.1) is 5.82 Å². The van der Waals surface area contributed by atoms with Gasteiger partial charge in [0.2, 0.25) is 5.16 Å². The minimum atomic E-state index is -0.212. The Morgan fingerprint density at radius 3 is 3.10 bits per heavy atom. The lowest BCUT2D eigenvalue weighted by Crippen LogP contribution is -2.22. The highest BCUT2D eigenvalue weighted by molar-refractivity contribution is 7.98. The third kappa shape index (κ3) is 3.77. The largest absolute Gasteiger partial charge is 0.312 e. The summed E-state index contributed by atoms with van der Waals surface area (Å²) in [6.45, 7) is 1.64. The first-order valence-corrected chi connectivity index (χ1v) is 7.66. The number of hydrogen-bond donors (Lipinski definition) is 1. The Morgan fingerprint density at radius 1 is 1.40 bits per heavy atom. The van der Waals surface area contributed by atoms with Crippen LogP contribution >= 0.6 is 11.8 Å². The summed E-state index contributed by atoms with van der Waals surface area (Å²) in [7, 11) is 0. The van der Waals surface area contributed by atoms with E-state index in [0.29, 0.717) is 11.8 Å². The number of halogens is 1. The van der Waals surface area contributed by atoms with Crippen LogP contribution in [0.25, 0.3) is 0 Å². The maximum absolute atomic E-state index is 13.1. The molecule has 1 fully saturated rings. The van der Waals surface area contributed by atoms with Gasteiger partial charge in [-0.25, -0.2) is 9.07 Å². The van der Waals surface area contributed by atoms with Crippen LogP contribution in [0.5, 0.6) is 0 Å². The number of tetrazole rings is 1. The summed E-state index contributed by atoms with van der Waals surface area (Å²) < 4.78 is 14.9. The number of rotatable bonds is 7. The fourth-order valence-electron chi connectivity index (χ4n) is 1.88. The molecule has 3 rings (SSSR count). The van der Waals surface area contributed by atoms with Gasteiger partial charge in [0, 0.05) is 18.3 Å². The minimum Gasteiger partial charge on any atom is -0.312 e. The topological polar surface area (TPSA) is 55.6 Å². The van der Waals surface area contributed by atoms with Gasteiger partial charge in [-0.3, -0.25) is 0 Å². The van der Waals surface area contributed by atoms with Crippen molar-refractivity contribution in [3.05, 3.63) is 35.6 Å². The van der Waals surface area contributed by atoms with Crippen LogP contribution in [0.2, 0.25) is 0 Å². The molecule has 0 atom stereocenters. The van der Waals surface area contributed by atoms with Crippen molar-refractivity contribution in [2.75, 3.05) is 6.54 Å². The van der Waals surface area contributed by atoms with Gasteiger partial charge in [0.1, 0.15) is 5.82 Å². The first-order chi connectivity index (χ1) is 9.81.